The fourth-order valence-corrected chi connectivity index (χ4v) is 6.48. The Hall–Kier alpha value is -1.96. The Morgan fingerprint density at radius 3 is 2.59 bits per heavy atom. The highest BCUT2D eigenvalue weighted by molar-refractivity contribution is 9.10. The van der Waals surface area contributed by atoms with Crippen LogP contribution in [0.1, 0.15) is 55.7 Å². The van der Waals surface area contributed by atoms with Gasteiger partial charge < -0.3 is 5.32 Å². The van der Waals surface area contributed by atoms with Gasteiger partial charge in [-0.05, 0) is 73.9 Å². The van der Waals surface area contributed by atoms with E-state index in [1.165, 1.54) is 22.7 Å². The number of rotatable bonds is 7. The number of hydrogen-bond donors (Lipinski definition) is 1. The molecule has 0 bridgehead atoms. The molecule has 0 aromatic heterocycles. The van der Waals surface area contributed by atoms with Crippen molar-refractivity contribution in [3.8, 4) is 0 Å². The standard InChI is InChI=1S/C25H29BrN2O3S/c26-21-10-12-22(13-11-21)32(30,31)28-17-15-20-8-4-5-9-23(20)24(28)18-25(29)27-16-14-19-6-2-1-3-7-19/h4-6,8-13,24H,1-3,7,14-18H2,(H,27,29). The topological polar surface area (TPSA) is 66.5 Å². The summed E-state index contributed by atoms with van der Waals surface area (Å²) in [5.74, 6) is -0.112. The van der Waals surface area contributed by atoms with Crippen LogP contribution >= 0.6 is 15.9 Å². The van der Waals surface area contributed by atoms with Crippen LogP contribution in [0.2, 0.25) is 0 Å². The lowest BCUT2D eigenvalue weighted by Crippen LogP contribution is -2.42. The van der Waals surface area contributed by atoms with Crippen LogP contribution in [-0.4, -0.2) is 31.7 Å². The van der Waals surface area contributed by atoms with Gasteiger partial charge in [0, 0.05) is 24.0 Å². The normalized spacial score (nSPS) is 19.2. The molecule has 0 saturated carbocycles. The third-order valence-corrected chi connectivity index (χ3v) is 8.77. The van der Waals surface area contributed by atoms with Crippen molar-refractivity contribution in [3.05, 3.63) is 75.8 Å². The van der Waals surface area contributed by atoms with Gasteiger partial charge in [-0.15, -0.1) is 0 Å². The van der Waals surface area contributed by atoms with Crippen molar-refractivity contribution in [2.75, 3.05) is 13.1 Å². The molecule has 7 heteroatoms. The number of nitrogens with zero attached hydrogens (tertiary/aromatic N) is 1. The number of hydrogen-bond acceptors (Lipinski definition) is 3. The minimum atomic E-state index is -3.73. The van der Waals surface area contributed by atoms with Crippen LogP contribution in [0.25, 0.3) is 0 Å². The van der Waals surface area contributed by atoms with Crippen molar-refractivity contribution in [2.24, 2.45) is 0 Å². The minimum absolute atomic E-state index is 0.112. The van der Waals surface area contributed by atoms with Gasteiger partial charge >= 0.3 is 0 Å². The minimum Gasteiger partial charge on any atom is -0.356 e. The number of carbonyl (C=O) groups excluding carboxylic acids is 1. The first kappa shape index (κ1) is 23.2. The molecular weight excluding hydrogens is 488 g/mol. The van der Waals surface area contributed by atoms with E-state index in [1.54, 1.807) is 24.3 Å². The van der Waals surface area contributed by atoms with Gasteiger partial charge in [-0.25, -0.2) is 8.42 Å². The molecule has 0 radical (unpaired) electrons. The number of sulfonamides is 1. The maximum Gasteiger partial charge on any atom is 0.243 e. The Bertz CT molecular complexity index is 1100. The summed E-state index contributed by atoms with van der Waals surface area (Å²) in [5.41, 5.74) is 3.45. The molecule has 32 heavy (non-hydrogen) atoms. The Labute approximate surface area is 199 Å². The molecule has 2 aromatic carbocycles. The molecule has 1 aliphatic carbocycles. The molecule has 170 valence electrons. The zero-order chi connectivity index (χ0) is 22.6. The number of carbonyl (C=O) groups is 1. The first-order valence-corrected chi connectivity index (χ1v) is 13.5. The monoisotopic (exact) mass is 516 g/mol. The Morgan fingerprint density at radius 2 is 1.84 bits per heavy atom. The van der Waals surface area contributed by atoms with Gasteiger partial charge in [0.15, 0.2) is 0 Å². The molecule has 1 aliphatic heterocycles. The molecule has 1 unspecified atom stereocenters. The maximum atomic E-state index is 13.5. The molecule has 0 fully saturated rings. The fraction of sp³-hybridized carbons (Fsp3) is 0.400. The van der Waals surface area contributed by atoms with E-state index in [9.17, 15) is 13.2 Å². The van der Waals surface area contributed by atoms with E-state index in [0.717, 1.165) is 34.9 Å². The molecule has 1 amide bonds. The van der Waals surface area contributed by atoms with Crippen LogP contribution in [0.5, 0.6) is 0 Å². The van der Waals surface area contributed by atoms with Crippen molar-refractivity contribution in [1.82, 2.24) is 9.62 Å². The first-order chi connectivity index (χ1) is 15.4. The van der Waals surface area contributed by atoms with Crippen molar-refractivity contribution >= 4 is 31.9 Å². The highest BCUT2D eigenvalue weighted by Gasteiger charge is 2.37. The lowest BCUT2D eigenvalue weighted by Gasteiger charge is -2.36. The molecular formula is C25H29BrN2O3S. The molecule has 2 aliphatic rings. The summed E-state index contributed by atoms with van der Waals surface area (Å²) in [6.07, 6.45) is 8.63. The van der Waals surface area contributed by atoms with E-state index in [1.807, 2.05) is 24.3 Å². The van der Waals surface area contributed by atoms with Gasteiger partial charge in [0.25, 0.3) is 0 Å². The second-order valence-electron chi connectivity index (χ2n) is 8.45. The third kappa shape index (κ3) is 5.33. The second-order valence-corrected chi connectivity index (χ2v) is 11.3. The quantitative estimate of drug-likeness (QED) is 0.518. The van der Waals surface area contributed by atoms with Crippen LogP contribution in [0.15, 0.2) is 69.5 Å². The average molecular weight is 517 g/mol. The summed E-state index contributed by atoms with van der Waals surface area (Å²) in [4.78, 5) is 13.1. The summed E-state index contributed by atoms with van der Waals surface area (Å²) in [6.45, 7) is 0.957. The van der Waals surface area contributed by atoms with Crippen LogP contribution in [0.3, 0.4) is 0 Å². The average Bonchev–Trinajstić information content (AvgIpc) is 2.80. The second kappa shape index (κ2) is 10.3. The number of nitrogens with one attached hydrogen (secondary N) is 1. The van der Waals surface area contributed by atoms with Crippen molar-refractivity contribution in [2.45, 2.75) is 55.9 Å². The van der Waals surface area contributed by atoms with E-state index in [4.69, 9.17) is 0 Å². The zero-order valence-corrected chi connectivity index (χ0v) is 20.5. The molecule has 5 nitrogen and oxygen atoms in total. The van der Waals surface area contributed by atoms with Crippen LogP contribution in [-0.2, 0) is 21.2 Å². The van der Waals surface area contributed by atoms with Gasteiger partial charge in [0.1, 0.15) is 0 Å². The first-order valence-electron chi connectivity index (χ1n) is 11.2. The molecule has 1 N–H and O–H groups in total. The Balaban J connectivity index is 1.52. The number of fused-ring (bicyclic) bond motifs is 1. The summed E-state index contributed by atoms with van der Waals surface area (Å²) in [7, 11) is -3.73. The van der Waals surface area contributed by atoms with Crippen molar-refractivity contribution < 1.29 is 13.2 Å². The smallest absolute Gasteiger partial charge is 0.243 e. The summed E-state index contributed by atoms with van der Waals surface area (Å²) in [5, 5.41) is 3.02. The van der Waals surface area contributed by atoms with Gasteiger partial charge in [-0.2, -0.15) is 4.31 Å². The molecule has 2 aromatic rings. The largest absolute Gasteiger partial charge is 0.356 e. The van der Waals surface area contributed by atoms with E-state index < -0.39 is 16.1 Å². The lowest BCUT2D eigenvalue weighted by atomic mass is 9.92. The highest BCUT2D eigenvalue weighted by Crippen LogP contribution is 2.36. The van der Waals surface area contributed by atoms with Gasteiger partial charge in [-0.3, -0.25) is 4.79 Å². The summed E-state index contributed by atoms with van der Waals surface area (Å²) in [6, 6.07) is 14.0. The van der Waals surface area contributed by atoms with E-state index in [2.05, 4.69) is 27.3 Å². The van der Waals surface area contributed by atoms with E-state index in [0.29, 0.717) is 19.5 Å². The predicted octanol–water partition coefficient (Wildman–Crippen LogP) is 5.13. The molecule has 1 heterocycles. The molecule has 0 spiro atoms. The van der Waals surface area contributed by atoms with Gasteiger partial charge in [-0.1, -0.05) is 51.8 Å². The summed E-state index contributed by atoms with van der Waals surface area (Å²) >= 11 is 3.36. The number of amides is 1. The molecule has 0 saturated heterocycles. The molecule has 1 atom stereocenters. The van der Waals surface area contributed by atoms with Crippen molar-refractivity contribution in [3.63, 3.8) is 0 Å². The Kier molecular flexibility index (Phi) is 7.48. The highest BCUT2D eigenvalue weighted by atomic mass is 79.9. The van der Waals surface area contributed by atoms with E-state index in [-0.39, 0.29) is 17.2 Å². The Morgan fingerprint density at radius 1 is 1.06 bits per heavy atom. The third-order valence-electron chi connectivity index (χ3n) is 6.32. The summed E-state index contributed by atoms with van der Waals surface area (Å²) < 4.78 is 29.3. The number of benzene rings is 2. The lowest BCUT2D eigenvalue weighted by molar-refractivity contribution is -0.122. The van der Waals surface area contributed by atoms with Gasteiger partial charge in [0.05, 0.1) is 10.9 Å². The SMILES string of the molecule is O=C(CC1c2ccccc2CCN1S(=O)(=O)c1ccc(Br)cc1)NCCC1=CCCCC1. The maximum absolute atomic E-state index is 13.5. The zero-order valence-electron chi connectivity index (χ0n) is 18.1. The van der Waals surface area contributed by atoms with Gasteiger partial charge in [0.2, 0.25) is 15.9 Å². The van der Waals surface area contributed by atoms with Crippen LogP contribution < -0.4 is 5.32 Å². The number of halogens is 1. The fourth-order valence-electron chi connectivity index (χ4n) is 4.61. The number of allylic oxidation sites excluding steroid dienone is 1. The van der Waals surface area contributed by atoms with Crippen LogP contribution in [0.4, 0.5) is 0 Å². The predicted molar refractivity (Wildman–Crippen MR) is 130 cm³/mol. The molecule has 4 rings (SSSR count). The van der Waals surface area contributed by atoms with Crippen LogP contribution in [0, 0.1) is 0 Å². The van der Waals surface area contributed by atoms with Crippen molar-refractivity contribution in [1.29, 1.82) is 0 Å². The van der Waals surface area contributed by atoms with E-state index >= 15 is 0 Å².